The van der Waals surface area contributed by atoms with Crippen molar-refractivity contribution >= 4 is 27.9 Å². The van der Waals surface area contributed by atoms with E-state index < -0.39 is 11.7 Å². The number of carbonyl (C=O) groups excluding carboxylic acids is 1. The first-order valence-electron chi connectivity index (χ1n) is 12.7. The summed E-state index contributed by atoms with van der Waals surface area (Å²) in [5.41, 5.74) is 0.138. The van der Waals surface area contributed by atoms with E-state index in [-0.39, 0.29) is 34.9 Å². The summed E-state index contributed by atoms with van der Waals surface area (Å²) in [7, 11) is 0. The molecule has 0 radical (unpaired) electrons. The molecule has 0 saturated carbocycles. The fourth-order valence-electron chi connectivity index (χ4n) is 4.26. The van der Waals surface area contributed by atoms with E-state index in [0.29, 0.717) is 60.4 Å². The number of hydrogen-bond acceptors (Lipinski definition) is 5. The molecule has 0 bridgehead atoms. The molecule has 0 fully saturated rings. The zero-order chi connectivity index (χ0) is 28.4. The van der Waals surface area contributed by atoms with Crippen LogP contribution in [0, 0.1) is 0 Å². The average Bonchev–Trinajstić information content (AvgIpc) is 3.38. The third kappa shape index (κ3) is 6.65. The average molecular weight is 545 g/mol. The van der Waals surface area contributed by atoms with Gasteiger partial charge in [0.25, 0.3) is 5.91 Å². The SMILES string of the molecule is C=C(c1nc(CCCNC(=O)c2cnn(C(C)(C)C)c2)cc2c(NC3=C(F)CNCC3)cccc12)C(F)(F)F. The highest BCUT2D eigenvalue weighted by Crippen LogP contribution is 2.37. The Morgan fingerprint density at radius 1 is 1.21 bits per heavy atom. The van der Waals surface area contributed by atoms with Crippen molar-refractivity contribution in [3.8, 4) is 0 Å². The Balaban J connectivity index is 1.55. The molecule has 11 heteroatoms. The van der Waals surface area contributed by atoms with Crippen molar-refractivity contribution in [3.63, 3.8) is 0 Å². The van der Waals surface area contributed by atoms with Crippen LogP contribution in [-0.4, -0.2) is 46.5 Å². The van der Waals surface area contributed by atoms with Gasteiger partial charge in [-0.3, -0.25) is 14.5 Å². The van der Waals surface area contributed by atoms with Crippen molar-refractivity contribution in [2.24, 2.45) is 0 Å². The Kier molecular flexibility index (Phi) is 8.10. The molecule has 0 atom stereocenters. The highest BCUT2D eigenvalue weighted by Gasteiger charge is 2.35. The minimum Gasteiger partial charge on any atom is -0.356 e. The van der Waals surface area contributed by atoms with Gasteiger partial charge in [-0.1, -0.05) is 18.7 Å². The molecule has 0 unspecified atom stereocenters. The fourth-order valence-corrected chi connectivity index (χ4v) is 4.26. The molecule has 1 aliphatic rings. The number of aryl methyl sites for hydroxylation is 1. The molecule has 0 spiro atoms. The molecular formula is C28H32F4N6O. The Morgan fingerprint density at radius 2 is 1.97 bits per heavy atom. The van der Waals surface area contributed by atoms with Gasteiger partial charge in [-0.2, -0.15) is 18.3 Å². The summed E-state index contributed by atoms with van der Waals surface area (Å²) in [6.07, 6.45) is -0.324. The third-order valence-electron chi connectivity index (χ3n) is 6.43. The zero-order valence-corrected chi connectivity index (χ0v) is 22.2. The minimum absolute atomic E-state index is 0.0960. The summed E-state index contributed by atoms with van der Waals surface area (Å²) in [5.74, 6) is -0.622. The number of nitrogens with one attached hydrogen (secondary N) is 3. The van der Waals surface area contributed by atoms with Gasteiger partial charge in [0.2, 0.25) is 0 Å². The van der Waals surface area contributed by atoms with Crippen LogP contribution < -0.4 is 16.0 Å². The predicted molar refractivity (Wildman–Crippen MR) is 144 cm³/mol. The van der Waals surface area contributed by atoms with Crippen molar-refractivity contribution in [3.05, 3.63) is 71.7 Å². The number of amides is 1. The van der Waals surface area contributed by atoms with Crippen LogP contribution in [0.2, 0.25) is 0 Å². The molecule has 4 rings (SSSR count). The van der Waals surface area contributed by atoms with E-state index in [0.717, 1.165) is 0 Å². The molecule has 2 aromatic heterocycles. The molecule has 1 amide bonds. The van der Waals surface area contributed by atoms with Gasteiger partial charge < -0.3 is 16.0 Å². The van der Waals surface area contributed by atoms with Crippen LogP contribution in [0.25, 0.3) is 16.3 Å². The quantitative estimate of drug-likeness (QED) is 0.250. The van der Waals surface area contributed by atoms with E-state index >= 15 is 0 Å². The van der Waals surface area contributed by atoms with Crippen molar-refractivity contribution in [1.29, 1.82) is 0 Å². The van der Waals surface area contributed by atoms with E-state index in [4.69, 9.17) is 0 Å². The van der Waals surface area contributed by atoms with Crippen LogP contribution in [0.1, 0.15) is 55.4 Å². The summed E-state index contributed by atoms with van der Waals surface area (Å²) >= 11 is 0. The number of rotatable bonds is 8. The Bertz CT molecular complexity index is 1420. The van der Waals surface area contributed by atoms with Crippen LogP contribution in [-0.2, 0) is 12.0 Å². The largest absolute Gasteiger partial charge is 0.417 e. The topological polar surface area (TPSA) is 83.9 Å². The lowest BCUT2D eigenvalue weighted by Crippen LogP contribution is -2.26. The maximum absolute atomic E-state index is 14.4. The molecule has 1 aromatic carbocycles. The Morgan fingerprint density at radius 3 is 2.64 bits per heavy atom. The van der Waals surface area contributed by atoms with Gasteiger partial charge in [-0.15, -0.1) is 0 Å². The third-order valence-corrected chi connectivity index (χ3v) is 6.43. The van der Waals surface area contributed by atoms with Gasteiger partial charge in [-0.05, 0) is 45.7 Å². The number of allylic oxidation sites excluding steroid dienone is 1. The van der Waals surface area contributed by atoms with E-state index in [1.165, 1.54) is 6.20 Å². The summed E-state index contributed by atoms with van der Waals surface area (Å²) in [5, 5.41) is 13.8. The predicted octanol–water partition coefficient (Wildman–Crippen LogP) is 5.71. The normalized spacial score (nSPS) is 14.5. The van der Waals surface area contributed by atoms with Crippen LogP contribution in [0.4, 0.5) is 23.2 Å². The number of alkyl halides is 3. The summed E-state index contributed by atoms with van der Waals surface area (Å²) in [6.45, 7) is 10.2. The maximum Gasteiger partial charge on any atom is 0.417 e. The second-order valence-corrected chi connectivity index (χ2v) is 10.5. The lowest BCUT2D eigenvalue weighted by molar-refractivity contribution is -0.0688. The van der Waals surface area contributed by atoms with Crippen LogP contribution in [0.15, 0.2) is 54.8 Å². The van der Waals surface area contributed by atoms with Crippen molar-refractivity contribution < 1.29 is 22.4 Å². The first kappa shape index (κ1) is 28.3. The first-order valence-corrected chi connectivity index (χ1v) is 12.7. The molecule has 0 saturated heterocycles. The van der Waals surface area contributed by atoms with Crippen molar-refractivity contribution in [2.45, 2.75) is 51.7 Å². The van der Waals surface area contributed by atoms with Gasteiger partial charge in [-0.25, -0.2) is 4.39 Å². The van der Waals surface area contributed by atoms with Crippen molar-refractivity contribution in [1.82, 2.24) is 25.4 Å². The molecule has 208 valence electrons. The van der Waals surface area contributed by atoms with E-state index in [1.807, 2.05) is 20.8 Å². The molecular weight excluding hydrogens is 512 g/mol. The van der Waals surface area contributed by atoms with Gasteiger partial charge in [0.15, 0.2) is 0 Å². The number of halogens is 4. The highest BCUT2D eigenvalue weighted by molar-refractivity contribution is 6.00. The number of hydrogen-bond donors (Lipinski definition) is 3. The molecule has 3 heterocycles. The smallest absolute Gasteiger partial charge is 0.356 e. The van der Waals surface area contributed by atoms with Crippen LogP contribution in [0.5, 0.6) is 0 Å². The molecule has 3 aromatic rings. The number of fused-ring (bicyclic) bond motifs is 1. The Labute approximate surface area is 224 Å². The lowest BCUT2D eigenvalue weighted by atomic mass is 10.0. The van der Waals surface area contributed by atoms with Crippen molar-refractivity contribution in [2.75, 3.05) is 25.0 Å². The summed E-state index contributed by atoms with van der Waals surface area (Å²) in [6, 6.07) is 6.57. The van der Waals surface area contributed by atoms with Crippen LogP contribution >= 0.6 is 0 Å². The van der Waals surface area contributed by atoms with Gasteiger partial charge >= 0.3 is 6.18 Å². The number of pyridine rings is 1. The second kappa shape index (κ2) is 11.2. The maximum atomic E-state index is 14.4. The number of anilines is 1. The molecule has 1 aliphatic heterocycles. The number of nitrogens with zero attached hydrogens (tertiary/aromatic N) is 3. The molecule has 3 N–H and O–H groups in total. The summed E-state index contributed by atoms with van der Waals surface area (Å²) < 4.78 is 57.1. The van der Waals surface area contributed by atoms with Gasteiger partial charge in [0.05, 0.1) is 28.6 Å². The molecule has 7 nitrogen and oxygen atoms in total. The lowest BCUT2D eigenvalue weighted by Gasteiger charge is -2.20. The zero-order valence-electron chi connectivity index (χ0n) is 22.2. The Hall–Kier alpha value is -3.73. The number of aromatic nitrogens is 3. The first-order chi connectivity index (χ1) is 18.3. The molecule has 0 aliphatic carbocycles. The second-order valence-electron chi connectivity index (χ2n) is 10.5. The van der Waals surface area contributed by atoms with Crippen LogP contribution in [0.3, 0.4) is 0 Å². The summed E-state index contributed by atoms with van der Waals surface area (Å²) in [4.78, 5) is 16.8. The van der Waals surface area contributed by atoms with E-state index in [1.54, 1.807) is 35.1 Å². The highest BCUT2D eigenvalue weighted by atomic mass is 19.4. The van der Waals surface area contributed by atoms with Gasteiger partial charge in [0.1, 0.15) is 5.83 Å². The van der Waals surface area contributed by atoms with Gasteiger partial charge in [0, 0.05) is 60.1 Å². The fraction of sp³-hybridized carbons (Fsp3) is 0.393. The minimum atomic E-state index is -4.67. The number of carbonyl (C=O) groups is 1. The molecule has 39 heavy (non-hydrogen) atoms. The monoisotopic (exact) mass is 544 g/mol. The van der Waals surface area contributed by atoms with E-state index in [2.05, 4.69) is 32.6 Å². The standard InChI is InChI=1S/C28H32F4N6O/c1-17(28(30,31)32)25-20-8-5-9-23(37-24-10-12-33-15-22(24)29)21(20)13-19(36-25)7-6-11-34-26(39)18-14-35-38(16-18)27(2,3)4/h5,8-9,13-14,16,33,37H,1,6-7,10-12,15H2,2-4H3,(H,34,39). The van der Waals surface area contributed by atoms with E-state index in [9.17, 15) is 22.4 Å². The number of benzene rings is 1.